The first-order valence-corrected chi connectivity index (χ1v) is 5.80. The second kappa shape index (κ2) is 6.35. The summed E-state index contributed by atoms with van der Waals surface area (Å²) in [5, 5.41) is 2.91. The van der Waals surface area contributed by atoms with Gasteiger partial charge in [-0.25, -0.2) is 4.79 Å². The van der Waals surface area contributed by atoms with Gasteiger partial charge in [-0.15, -0.1) is 0 Å². The van der Waals surface area contributed by atoms with E-state index in [0.717, 1.165) is 12.8 Å². The minimum Gasteiger partial charge on any atom is -0.466 e. The van der Waals surface area contributed by atoms with Crippen LogP contribution in [0.2, 0.25) is 0 Å². The number of carbonyl (C=O) groups is 2. The maximum Gasteiger partial charge on any atom is 0.317 e. The van der Waals surface area contributed by atoms with Gasteiger partial charge in [-0.3, -0.25) is 4.79 Å². The molecule has 1 aliphatic rings. The van der Waals surface area contributed by atoms with E-state index in [1.807, 2.05) is 0 Å². The normalized spacial score (nSPS) is 15.1. The van der Waals surface area contributed by atoms with Crippen molar-refractivity contribution in [1.29, 1.82) is 0 Å². The van der Waals surface area contributed by atoms with Crippen LogP contribution in [0, 0.1) is 0 Å². The van der Waals surface area contributed by atoms with Gasteiger partial charge in [-0.2, -0.15) is 0 Å². The maximum atomic E-state index is 11.6. The molecule has 0 spiro atoms. The summed E-state index contributed by atoms with van der Waals surface area (Å²) < 4.78 is 4.79. The van der Waals surface area contributed by atoms with Crippen molar-refractivity contribution in [3.8, 4) is 0 Å². The number of ether oxygens (including phenoxy) is 1. The Kier molecular flexibility index (Phi) is 5.08. The van der Waals surface area contributed by atoms with Crippen molar-refractivity contribution >= 4 is 12.0 Å². The Morgan fingerprint density at radius 2 is 2.12 bits per heavy atom. The van der Waals surface area contributed by atoms with Gasteiger partial charge >= 0.3 is 12.0 Å². The van der Waals surface area contributed by atoms with Crippen molar-refractivity contribution in [2.24, 2.45) is 0 Å². The zero-order valence-corrected chi connectivity index (χ0v) is 9.99. The summed E-state index contributed by atoms with van der Waals surface area (Å²) in [4.78, 5) is 24.2. The van der Waals surface area contributed by atoms with E-state index in [1.165, 1.54) is 11.3 Å². The molecule has 0 heterocycles. The van der Waals surface area contributed by atoms with Crippen LogP contribution in [0.1, 0.15) is 32.6 Å². The molecule has 0 aromatic heterocycles. The maximum absolute atomic E-state index is 11.6. The Morgan fingerprint density at radius 3 is 2.62 bits per heavy atom. The van der Waals surface area contributed by atoms with E-state index in [0.29, 0.717) is 19.2 Å². The Hall–Kier alpha value is -1.26. The second-order valence-electron chi connectivity index (χ2n) is 4.05. The molecule has 0 atom stereocenters. The number of hydrogen-bond donors (Lipinski definition) is 1. The third kappa shape index (κ3) is 4.08. The van der Waals surface area contributed by atoms with E-state index in [-0.39, 0.29) is 18.4 Å². The lowest BCUT2D eigenvalue weighted by atomic mass is 9.93. The van der Waals surface area contributed by atoms with E-state index in [9.17, 15) is 9.59 Å². The van der Waals surface area contributed by atoms with Gasteiger partial charge < -0.3 is 15.0 Å². The fraction of sp³-hybridized carbons (Fsp3) is 0.818. The Balaban J connectivity index is 2.14. The molecule has 1 N–H and O–H groups in total. The van der Waals surface area contributed by atoms with Crippen LogP contribution < -0.4 is 5.32 Å². The third-order valence-electron chi connectivity index (χ3n) is 2.74. The Bertz CT molecular complexity index is 252. The van der Waals surface area contributed by atoms with Gasteiger partial charge in [0.15, 0.2) is 0 Å². The largest absolute Gasteiger partial charge is 0.466 e. The van der Waals surface area contributed by atoms with Crippen molar-refractivity contribution in [3.05, 3.63) is 0 Å². The summed E-state index contributed by atoms with van der Waals surface area (Å²) in [6, 6.07) is 0.228. The van der Waals surface area contributed by atoms with Crippen molar-refractivity contribution in [2.45, 2.75) is 38.6 Å². The van der Waals surface area contributed by atoms with Gasteiger partial charge in [0.05, 0.1) is 13.0 Å². The average molecular weight is 228 g/mol. The molecule has 0 unspecified atom stereocenters. The van der Waals surface area contributed by atoms with Crippen LogP contribution in [0.3, 0.4) is 0 Å². The Labute approximate surface area is 96.1 Å². The zero-order valence-electron chi connectivity index (χ0n) is 9.99. The first-order chi connectivity index (χ1) is 7.63. The van der Waals surface area contributed by atoms with Crippen LogP contribution in [0.4, 0.5) is 4.79 Å². The first-order valence-electron chi connectivity index (χ1n) is 5.80. The van der Waals surface area contributed by atoms with E-state index < -0.39 is 0 Å². The molecule has 16 heavy (non-hydrogen) atoms. The highest BCUT2D eigenvalue weighted by Gasteiger charge is 2.21. The number of amides is 2. The molecule has 0 aromatic rings. The minimum absolute atomic E-state index is 0.103. The minimum atomic E-state index is -0.259. The summed E-state index contributed by atoms with van der Waals surface area (Å²) in [6.07, 6.45) is 3.58. The number of rotatable bonds is 5. The van der Waals surface area contributed by atoms with Gasteiger partial charge in [-0.1, -0.05) is 0 Å². The number of carbonyl (C=O) groups excluding carboxylic acids is 2. The summed E-state index contributed by atoms with van der Waals surface area (Å²) in [5.74, 6) is -0.259. The number of esters is 1. The van der Waals surface area contributed by atoms with Crippen molar-refractivity contribution in [3.63, 3.8) is 0 Å². The lowest BCUT2D eigenvalue weighted by molar-refractivity contribution is -0.143. The highest BCUT2D eigenvalue weighted by Crippen LogP contribution is 2.18. The molecule has 5 nitrogen and oxygen atoms in total. The predicted molar refractivity (Wildman–Crippen MR) is 60.1 cm³/mol. The van der Waals surface area contributed by atoms with Crippen molar-refractivity contribution in [2.75, 3.05) is 20.2 Å². The van der Waals surface area contributed by atoms with Crippen molar-refractivity contribution in [1.82, 2.24) is 10.2 Å². The fourth-order valence-electron chi connectivity index (χ4n) is 1.43. The fourth-order valence-corrected chi connectivity index (χ4v) is 1.43. The third-order valence-corrected chi connectivity index (χ3v) is 2.74. The van der Waals surface area contributed by atoms with Crippen LogP contribution in [-0.2, 0) is 9.53 Å². The number of hydrogen-bond acceptors (Lipinski definition) is 3. The molecule has 0 aromatic carbocycles. The van der Waals surface area contributed by atoms with Crippen LogP contribution in [0.25, 0.3) is 0 Å². The van der Waals surface area contributed by atoms with Crippen LogP contribution in [-0.4, -0.2) is 43.1 Å². The summed E-state index contributed by atoms with van der Waals surface area (Å²) >= 11 is 0. The van der Waals surface area contributed by atoms with Gasteiger partial charge in [0.2, 0.25) is 0 Å². The molecule has 0 aliphatic heterocycles. The summed E-state index contributed by atoms with van der Waals surface area (Å²) in [7, 11) is 1.69. The molecule has 0 radical (unpaired) electrons. The highest BCUT2D eigenvalue weighted by atomic mass is 16.5. The van der Waals surface area contributed by atoms with E-state index >= 15 is 0 Å². The number of nitrogens with zero attached hydrogens (tertiary/aromatic N) is 1. The Morgan fingerprint density at radius 1 is 1.44 bits per heavy atom. The lowest BCUT2D eigenvalue weighted by Crippen LogP contribution is -2.46. The monoisotopic (exact) mass is 228 g/mol. The summed E-state index contributed by atoms with van der Waals surface area (Å²) in [5.41, 5.74) is 0. The standard InChI is InChI=1S/C11H20N2O3/c1-3-16-10(14)7-8-13(2)11(15)12-9-5-4-6-9/h9H,3-8H2,1-2H3,(H,12,15). The number of urea groups is 1. The molecule has 92 valence electrons. The molecule has 1 rings (SSSR count). The number of nitrogens with one attached hydrogen (secondary N) is 1. The van der Waals surface area contributed by atoms with Gasteiger partial charge in [0, 0.05) is 19.6 Å². The molecule has 1 saturated carbocycles. The molecule has 0 bridgehead atoms. The lowest BCUT2D eigenvalue weighted by Gasteiger charge is -2.28. The van der Waals surface area contributed by atoms with E-state index in [1.54, 1.807) is 14.0 Å². The molecule has 1 fully saturated rings. The molecular weight excluding hydrogens is 208 g/mol. The van der Waals surface area contributed by atoms with Crippen LogP contribution >= 0.6 is 0 Å². The molecular formula is C11H20N2O3. The zero-order chi connectivity index (χ0) is 12.0. The predicted octanol–water partition coefficient (Wildman–Crippen LogP) is 1.13. The van der Waals surface area contributed by atoms with Crippen LogP contribution in [0.15, 0.2) is 0 Å². The van der Waals surface area contributed by atoms with Gasteiger partial charge in [-0.05, 0) is 26.2 Å². The van der Waals surface area contributed by atoms with E-state index in [2.05, 4.69) is 5.32 Å². The first kappa shape index (κ1) is 12.8. The van der Waals surface area contributed by atoms with E-state index in [4.69, 9.17) is 4.74 Å². The smallest absolute Gasteiger partial charge is 0.317 e. The molecule has 1 aliphatic carbocycles. The SMILES string of the molecule is CCOC(=O)CCN(C)C(=O)NC1CCC1. The topological polar surface area (TPSA) is 58.6 Å². The molecule has 0 saturated heterocycles. The average Bonchev–Trinajstić information content (AvgIpc) is 2.20. The molecule has 2 amide bonds. The van der Waals surface area contributed by atoms with Crippen molar-refractivity contribution < 1.29 is 14.3 Å². The molecule has 5 heteroatoms. The van der Waals surface area contributed by atoms with Gasteiger partial charge in [0.25, 0.3) is 0 Å². The highest BCUT2D eigenvalue weighted by molar-refractivity contribution is 5.75. The quantitative estimate of drug-likeness (QED) is 0.718. The van der Waals surface area contributed by atoms with Gasteiger partial charge in [0.1, 0.15) is 0 Å². The van der Waals surface area contributed by atoms with Crippen LogP contribution in [0.5, 0.6) is 0 Å². The summed E-state index contributed by atoms with van der Waals surface area (Å²) in [6.45, 7) is 2.55. The second-order valence-corrected chi connectivity index (χ2v) is 4.05.